The second-order valence-electron chi connectivity index (χ2n) is 6.60. The van der Waals surface area contributed by atoms with E-state index in [-0.39, 0.29) is 0 Å². The molecule has 29 heavy (non-hydrogen) atoms. The number of rotatable bonds is 5. The molecule has 0 amide bonds. The number of para-hydroxylation sites is 1. The molecule has 0 aliphatic carbocycles. The molecule has 144 valence electrons. The van der Waals surface area contributed by atoms with E-state index >= 15 is 0 Å². The molecule has 0 unspecified atom stereocenters. The first-order valence-corrected chi connectivity index (χ1v) is 9.17. The number of anilines is 2. The maximum absolute atomic E-state index is 5.37. The zero-order chi connectivity index (χ0) is 19.8. The highest BCUT2D eigenvalue weighted by Crippen LogP contribution is 2.31. The second kappa shape index (κ2) is 6.87. The Morgan fingerprint density at radius 1 is 0.931 bits per heavy atom. The molecule has 0 bridgehead atoms. The maximum Gasteiger partial charge on any atom is 0.162 e. The van der Waals surface area contributed by atoms with E-state index in [1.165, 1.54) is 0 Å². The summed E-state index contributed by atoms with van der Waals surface area (Å²) in [6.07, 6.45) is 1.83. The van der Waals surface area contributed by atoms with E-state index in [4.69, 9.17) is 14.6 Å². The van der Waals surface area contributed by atoms with Crippen molar-refractivity contribution in [2.24, 2.45) is 0 Å². The Hall–Kier alpha value is -4.00. The Morgan fingerprint density at radius 2 is 1.79 bits per heavy atom. The summed E-state index contributed by atoms with van der Waals surface area (Å²) in [4.78, 5) is 7.91. The number of hydrogen-bond donors (Lipinski definition) is 2. The topological polar surface area (TPSA) is 76.5 Å². The highest BCUT2D eigenvalue weighted by atomic mass is 16.5. The van der Waals surface area contributed by atoms with Crippen LogP contribution in [0.4, 0.5) is 11.5 Å². The third kappa shape index (κ3) is 3.02. The molecule has 5 rings (SSSR count). The predicted octanol–water partition coefficient (Wildman–Crippen LogP) is 4.64. The summed E-state index contributed by atoms with van der Waals surface area (Å²) in [5.74, 6) is 2.03. The maximum atomic E-state index is 5.37. The highest BCUT2D eigenvalue weighted by molar-refractivity contribution is 5.85. The number of imidazole rings is 1. The molecule has 2 aromatic carbocycles. The Bertz CT molecular complexity index is 1290. The van der Waals surface area contributed by atoms with E-state index < -0.39 is 0 Å². The number of nitrogens with one attached hydrogen (secondary N) is 2. The summed E-state index contributed by atoms with van der Waals surface area (Å²) in [6, 6.07) is 19.8. The van der Waals surface area contributed by atoms with Gasteiger partial charge in [0.25, 0.3) is 0 Å². The summed E-state index contributed by atoms with van der Waals surface area (Å²) < 4.78 is 12.5. The van der Waals surface area contributed by atoms with E-state index in [0.717, 1.165) is 33.6 Å². The van der Waals surface area contributed by atoms with Crippen LogP contribution in [0, 0.1) is 0 Å². The van der Waals surface area contributed by atoms with Crippen LogP contribution in [0.5, 0.6) is 11.5 Å². The van der Waals surface area contributed by atoms with E-state index in [1.807, 2.05) is 53.2 Å². The Labute approximate surface area is 166 Å². The molecule has 0 saturated heterocycles. The van der Waals surface area contributed by atoms with Crippen molar-refractivity contribution in [1.29, 1.82) is 0 Å². The van der Waals surface area contributed by atoms with Crippen molar-refractivity contribution in [2.45, 2.75) is 0 Å². The fourth-order valence-electron chi connectivity index (χ4n) is 3.40. The van der Waals surface area contributed by atoms with Crippen LogP contribution < -0.4 is 14.8 Å². The van der Waals surface area contributed by atoms with Gasteiger partial charge in [0.15, 0.2) is 23.0 Å². The van der Waals surface area contributed by atoms with E-state index in [1.54, 1.807) is 14.2 Å². The molecule has 0 fully saturated rings. The smallest absolute Gasteiger partial charge is 0.162 e. The standard InChI is InChI=1S/C22H19N5O2/c1-28-19-8-7-15(12-20(19)29-2)24-21-9-10-22-23-13-18(27(22)26-21)17-11-14-5-3-4-6-16(14)25-17/h3-13,25H,1-2H3,(H,24,26). The van der Waals surface area contributed by atoms with Gasteiger partial charge in [-0.1, -0.05) is 18.2 Å². The molecule has 5 aromatic rings. The van der Waals surface area contributed by atoms with Crippen LogP contribution in [-0.4, -0.2) is 33.8 Å². The van der Waals surface area contributed by atoms with E-state index in [2.05, 4.69) is 33.5 Å². The van der Waals surface area contributed by atoms with Gasteiger partial charge >= 0.3 is 0 Å². The summed E-state index contributed by atoms with van der Waals surface area (Å²) in [6.45, 7) is 0. The number of H-pyrrole nitrogens is 1. The number of aromatic nitrogens is 4. The number of fused-ring (bicyclic) bond motifs is 2. The van der Waals surface area contributed by atoms with Gasteiger partial charge in [0, 0.05) is 22.7 Å². The number of methoxy groups -OCH3 is 2. The number of ether oxygens (including phenoxy) is 2. The average molecular weight is 385 g/mol. The van der Waals surface area contributed by atoms with Gasteiger partial charge in [-0.3, -0.25) is 0 Å². The molecule has 0 aliphatic heterocycles. The van der Waals surface area contributed by atoms with Crippen LogP contribution in [0.1, 0.15) is 0 Å². The number of hydrogen-bond acceptors (Lipinski definition) is 5. The molecule has 3 aromatic heterocycles. The van der Waals surface area contributed by atoms with Gasteiger partial charge in [-0.15, -0.1) is 5.10 Å². The predicted molar refractivity (Wildman–Crippen MR) is 113 cm³/mol. The van der Waals surface area contributed by atoms with Gasteiger partial charge in [0.05, 0.1) is 26.1 Å². The highest BCUT2D eigenvalue weighted by Gasteiger charge is 2.11. The van der Waals surface area contributed by atoms with Crippen LogP contribution in [0.2, 0.25) is 0 Å². The first-order valence-electron chi connectivity index (χ1n) is 9.17. The van der Waals surface area contributed by atoms with Crippen LogP contribution in [0.15, 0.2) is 66.9 Å². The number of nitrogens with zero attached hydrogens (tertiary/aromatic N) is 3. The zero-order valence-corrected chi connectivity index (χ0v) is 16.0. The summed E-state index contributed by atoms with van der Waals surface area (Å²) in [7, 11) is 3.23. The minimum atomic E-state index is 0.653. The lowest BCUT2D eigenvalue weighted by Crippen LogP contribution is -2.01. The van der Waals surface area contributed by atoms with Gasteiger partial charge in [0.2, 0.25) is 0 Å². The van der Waals surface area contributed by atoms with Crippen LogP contribution >= 0.6 is 0 Å². The minimum absolute atomic E-state index is 0.653. The quantitative estimate of drug-likeness (QED) is 0.461. The van der Waals surface area contributed by atoms with E-state index in [9.17, 15) is 0 Å². The summed E-state index contributed by atoms with van der Waals surface area (Å²) >= 11 is 0. The summed E-state index contributed by atoms with van der Waals surface area (Å²) in [5.41, 5.74) is 4.57. The fourth-order valence-corrected chi connectivity index (χ4v) is 3.40. The molecule has 0 saturated carbocycles. The van der Waals surface area contributed by atoms with Crippen LogP contribution in [0.3, 0.4) is 0 Å². The molecule has 0 spiro atoms. The third-order valence-corrected chi connectivity index (χ3v) is 4.82. The largest absolute Gasteiger partial charge is 0.493 e. The monoisotopic (exact) mass is 385 g/mol. The second-order valence-corrected chi connectivity index (χ2v) is 6.60. The molecule has 0 radical (unpaired) electrons. The third-order valence-electron chi connectivity index (χ3n) is 4.82. The van der Waals surface area contributed by atoms with Crippen molar-refractivity contribution >= 4 is 28.1 Å². The van der Waals surface area contributed by atoms with Crippen molar-refractivity contribution < 1.29 is 9.47 Å². The van der Waals surface area contributed by atoms with Crippen LogP contribution in [-0.2, 0) is 0 Å². The van der Waals surface area contributed by atoms with Crippen molar-refractivity contribution in [1.82, 2.24) is 19.6 Å². The fraction of sp³-hybridized carbons (Fsp3) is 0.0909. The van der Waals surface area contributed by atoms with Crippen molar-refractivity contribution in [3.05, 3.63) is 66.9 Å². The average Bonchev–Trinajstić information content (AvgIpc) is 3.37. The lowest BCUT2D eigenvalue weighted by Gasteiger charge is -2.11. The zero-order valence-electron chi connectivity index (χ0n) is 16.0. The molecule has 7 nitrogen and oxygen atoms in total. The Balaban J connectivity index is 1.52. The molecule has 2 N–H and O–H groups in total. The lowest BCUT2D eigenvalue weighted by molar-refractivity contribution is 0.355. The molecular weight excluding hydrogens is 366 g/mol. The first-order chi connectivity index (χ1) is 14.2. The Kier molecular flexibility index (Phi) is 4.05. The van der Waals surface area contributed by atoms with Gasteiger partial charge in [-0.05, 0) is 36.4 Å². The Morgan fingerprint density at radius 3 is 2.62 bits per heavy atom. The number of benzene rings is 2. The minimum Gasteiger partial charge on any atom is -0.493 e. The SMILES string of the molecule is COc1ccc(Nc2ccc3ncc(-c4cc5ccccc5[nH]4)n3n2)cc1OC. The molecule has 0 aliphatic rings. The van der Waals surface area contributed by atoms with Crippen molar-refractivity contribution in [2.75, 3.05) is 19.5 Å². The van der Waals surface area contributed by atoms with E-state index in [0.29, 0.717) is 17.3 Å². The van der Waals surface area contributed by atoms with Gasteiger partial charge < -0.3 is 19.8 Å². The van der Waals surface area contributed by atoms with Gasteiger partial charge in [-0.2, -0.15) is 0 Å². The molecule has 7 heteroatoms. The summed E-state index contributed by atoms with van der Waals surface area (Å²) in [5, 5.41) is 9.19. The molecular formula is C22H19N5O2. The first kappa shape index (κ1) is 17.1. The molecule has 0 atom stereocenters. The number of aromatic amines is 1. The normalized spacial score (nSPS) is 11.1. The van der Waals surface area contributed by atoms with Crippen molar-refractivity contribution in [3.8, 4) is 22.9 Å². The van der Waals surface area contributed by atoms with Crippen LogP contribution in [0.25, 0.3) is 27.9 Å². The van der Waals surface area contributed by atoms with Gasteiger partial charge in [0.1, 0.15) is 5.69 Å². The van der Waals surface area contributed by atoms with Crippen molar-refractivity contribution in [3.63, 3.8) is 0 Å². The molecule has 3 heterocycles. The van der Waals surface area contributed by atoms with Gasteiger partial charge in [-0.25, -0.2) is 9.50 Å². The lowest BCUT2D eigenvalue weighted by atomic mass is 10.2.